The van der Waals surface area contributed by atoms with Crippen LogP contribution < -0.4 is 5.56 Å². The van der Waals surface area contributed by atoms with Crippen LogP contribution in [0, 0.1) is 0 Å². The van der Waals surface area contributed by atoms with Gasteiger partial charge in [0.05, 0.1) is 5.69 Å². The number of hydrogen-bond donors (Lipinski definition) is 1. The summed E-state index contributed by atoms with van der Waals surface area (Å²) in [5, 5.41) is 4.32. The Balaban J connectivity index is 1.56. The first-order valence-electron chi connectivity index (χ1n) is 8.54. The van der Waals surface area contributed by atoms with Gasteiger partial charge in [0.15, 0.2) is 5.82 Å². The van der Waals surface area contributed by atoms with Crippen molar-refractivity contribution < 1.29 is 0 Å². The highest BCUT2D eigenvalue weighted by Gasteiger charge is 2.23. The minimum atomic E-state index is -0.111. The zero-order valence-electron chi connectivity index (χ0n) is 13.9. The van der Waals surface area contributed by atoms with Crippen molar-refractivity contribution in [3.05, 3.63) is 68.9 Å². The summed E-state index contributed by atoms with van der Waals surface area (Å²) in [6.45, 7) is 3.01. The van der Waals surface area contributed by atoms with Crippen LogP contribution in [0.25, 0.3) is 11.5 Å². The standard InChI is InChI=1S/C19H20N4OS/c24-18-10-17(21-19(22-18)16-5-1-2-7-20-16)15-4-3-8-23(12-15)11-14-6-9-25-13-14/h1-2,5-7,9-10,13,15H,3-4,8,11-12H2,(H,21,22,24)/t15-/m1/s1. The van der Waals surface area contributed by atoms with Crippen LogP contribution >= 0.6 is 11.3 Å². The fourth-order valence-corrected chi connectivity index (χ4v) is 4.05. The second-order valence-corrected chi connectivity index (χ2v) is 7.22. The van der Waals surface area contributed by atoms with Gasteiger partial charge in [0.1, 0.15) is 5.69 Å². The van der Waals surface area contributed by atoms with Crippen LogP contribution in [0.15, 0.2) is 52.1 Å². The highest BCUT2D eigenvalue weighted by atomic mass is 32.1. The lowest BCUT2D eigenvalue weighted by Gasteiger charge is -2.32. The molecule has 4 heterocycles. The maximum atomic E-state index is 12.1. The molecule has 5 nitrogen and oxygen atoms in total. The predicted molar refractivity (Wildman–Crippen MR) is 99.7 cm³/mol. The average Bonchev–Trinajstić information content (AvgIpc) is 3.15. The molecule has 0 aromatic carbocycles. The third kappa shape index (κ3) is 3.86. The highest BCUT2D eigenvalue weighted by molar-refractivity contribution is 7.07. The van der Waals surface area contributed by atoms with E-state index in [0.29, 0.717) is 11.5 Å². The number of aromatic nitrogens is 3. The number of piperidine rings is 1. The molecule has 1 aliphatic heterocycles. The number of pyridine rings is 1. The van der Waals surface area contributed by atoms with Gasteiger partial charge in [0.2, 0.25) is 0 Å². The van der Waals surface area contributed by atoms with Crippen molar-refractivity contribution in [3.8, 4) is 11.5 Å². The van der Waals surface area contributed by atoms with Crippen LogP contribution in [0.5, 0.6) is 0 Å². The molecule has 3 aromatic rings. The number of nitrogens with zero attached hydrogens (tertiary/aromatic N) is 3. The monoisotopic (exact) mass is 352 g/mol. The minimum Gasteiger partial charge on any atom is -0.305 e. The van der Waals surface area contributed by atoms with Gasteiger partial charge < -0.3 is 4.98 Å². The van der Waals surface area contributed by atoms with E-state index in [1.807, 2.05) is 18.2 Å². The van der Waals surface area contributed by atoms with Crippen LogP contribution in [0.2, 0.25) is 0 Å². The predicted octanol–water partition coefficient (Wildman–Crippen LogP) is 3.27. The topological polar surface area (TPSA) is 61.9 Å². The van der Waals surface area contributed by atoms with E-state index in [1.165, 1.54) is 5.56 Å². The van der Waals surface area contributed by atoms with E-state index in [2.05, 4.69) is 31.7 Å². The van der Waals surface area contributed by atoms with E-state index >= 15 is 0 Å². The molecule has 1 N–H and O–H groups in total. The molecular formula is C19H20N4OS. The second kappa shape index (κ2) is 7.29. The van der Waals surface area contributed by atoms with E-state index < -0.39 is 0 Å². The Labute approximate surface area is 150 Å². The second-order valence-electron chi connectivity index (χ2n) is 6.44. The Morgan fingerprint density at radius 1 is 1.32 bits per heavy atom. The number of hydrogen-bond acceptors (Lipinski definition) is 5. The van der Waals surface area contributed by atoms with Gasteiger partial charge in [0, 0.05) is 31.3 Å². The van der Waals surface area contributed by atoms with Gasteiger partial charge in [-0.25, -0.2) is 4.98 Å². The van der Waals surface area contributed by atoms with Gasteiger partial charge in [-0.3, -0.25) is 14.7 Å². The number of H-pyrrole nitrogens is 1. The Bertz CT molecular complexity index is 876. The molecule has 0 aliphatic carbocycles. The average molecular weight is 352 g/mol. The summed E-state index contributed by atoms with van der Waals surface area (Å²) in [5.41, 5.74) is 2.83. The van der Waals surface area contributed by atoms with Crippen molar-refractivity contribution in [2.45, 2.75) is 25.3 Å². The molecule has 0 radical (unpaired) electrons. The van der Waals surface area contributed by atoms with E-state index in [9.17, 15) is 4.79 Å². The molecule has 6 heteroatoms. The molecule has 0 bridgehead atoms. The first kappa shape index (κ1) is 16.2. The summed E-state index contributed by atoms with van der Waals surface area (Å²) in [4.78, 5) is 26.4. The molecule has 1 saturated heterocycles. The maximum absolute atomic E-state index is 12.1. The number of thiophene rings is 1. The summed E-state index contributed by atoms with van der Waals surface area (Å²) >= 11 is 1.74. The summed E-state index contributed by atoms with van der Waals surface area (Å²) in [7, 11) is 0. The minimum absolute atomic E-state index is 0.111. The Morgan fingerprint density at radius 2 is 2.28 bits per heavy atom. The largest absolute Gasteiger partial charge is 0.305 e. The molecule has 4 rings (SSSR count). The summed E-state index contributed by atoms with van der Waals surface area (Å²) < 4.78 is 0. The molecule has 0 saturated carbocycles. The SMILES string of the molecule is O=c1cc([C@@H]2CCCN(Cc3ccsc3)C2)nc(-c2ccccn2)[nH]1. The zero-order chi connectivity index (χ0) is 17.1. The summed E-state index contributed by atoms with van der Waals surface area (Å²) in [6.07, 6.45) is 3.91. The Hall–Kier alpha value is -2.31. The van der Waals surface area contributed by atoms with Crippen LogP contribution in [-0.4, -0.2) is 32.9 Å². The van der Waals surface area contributed by atoms with Gasteiger partial charge in [-0.05, 0) is 53.9 Å². The van der Waals surface area contributed by atoms with Crippen molar-refractivity contribution in [1.29, 1.82) is 0 Å². The van der Waals surface area contributed by atoms with E-state index in [1.54, 1.807) is 23.6 Å². The number of likely N-dealkylation sites (tertiary alicyclic amines) is 1. The molecule has 1 atom stereocenters. The molecule has 128 valence electrons. The number of nitrogens with one attached hydrogen (secondary N) is 1. The van der Waals surface area contributed by atoms with Crippen molar-refractivity contribution in [2.75, 3.05) is 13.1 Å². The first-order valence-corrected chi connectivity index (χ1v) is 9.48. The van der Waals surface area contributed by atoms with E-state index in [-0.39, 0.29) is 11.5 Å². The highest BCUT2D eigenvalue weighted by Crippen LogP contribution is 2.27. The molecule has 1 fully saturated rings. The zero-order valence-corrected chi connectivity index (χ0v) is 14.7. The number of aromatic amines is 1. The summed E-state index contributed by atoms with van der Waals surface area (Å²) in [6, 6.07) is 9.45. The molecule has 3 aromatic heterocycles. The van der Waals surface area contributed by atoms with Crippen LogP contribution in [0.1, 0.15) is 30.0 Å². The number of rotatable bonds is 4. The molecule has 0 spiro atoms. The lowest BCUT2D eigenvalue weighted by Crippen LogP contribution is -2.34. The summed E-state index contributed by atoms with van der Waals surface area (Å²) in [5.74, 6) is 0.843. The Kier molecular flexibility index (Phi) is 4.72. The van der Waals surface area contributed by atoms with Gasteiger partial charge >= 0.3 is 0 Å². The van der Waals surface area contributed by atoms with Crippen molar-refractivity contribution in [1.82, 2.24) is 19.9 Å². The maximum Gasteiger partial charge on any atom is 0.251 e. The first-order chi connectivity index (χ1) is 12.3. The van der Waals surface area contributed by atoms with Crippen molar-refractivity contribution in [3.63, 3.8) is 0 Å². The lowest BCUT2D eigenvalue weighted by atomic mass is 9.94. The fourth-order valence-electron chi connectivity index (χ4n) is 3.39. The smallest absolute Gasteiger partial charge is 0.251 e. The lowest BCUT2D eigenvalue weighted by molar-refractivity contribution is 0.198. The van der Waals surface area contributed by atoms with Crippen LogP contribution in [0.4, 0.5) is 0 Å². The quantitative estimate of drug-likeness (QED) is 0.783. The Morgan fingerprint density at radius 3 is 3.08 bits per heavy atom. The van der Waals surface area contributed by atoms with Crippen molar-refractivity contribution >= 4 is 11.3 Å². The van der Waals surface area contributed by atoms with Crippen molar-refractivity contribution in [2.24, 2.45) is 0 Å². The molecular weight excluding hydrogens is 332 g/mol. The third-order valence-electron chi connectivity index (χ3n) is 4.58. The molecule has 0 unspecified atom stereocenters. The normalized spacial score (nSPS) is 18.3. The van der Waals surface area contributed by atoms with Gasteiger partial charge in [0.25, 0.3) is 5.56 Å². The van der Waals surface area contributed by atoms with Gasteiger partial charge in [-0.2, -0.15) is 11.3 Å². The van der Waals surface area contributed by atoms with E-state index in [4.69, 9.17) is 4.98 Å². The fraction of sp³-hybridized carbons (Fsp3) is 0.316. The van der Waals surface area contributed by atoms with Gasteiger partial charge in [-0.1, -0.05) is 6.07 Å². The molecule has 0 amide bonds. The van der Waals surface area contributed by atoms with E-state index in [0.717, 1.165) is 38.2 Å². The molecule has 1 aliphatic rings. The molecule has 25 heavy (non-hydrogen) atoms. The van der Waals surface area contributed by atoms with Gasteiger partial charge in [-0.15, -0.1) is 0 Å². The van der Waals surface area contributed by atoms with Crippen LogP contribution in [-0.2, 0) is 6.54 Å². The third-order valence-corrected chi connectivity index (χ3v) is 5.31. The van der Waals surface area contributed by atoms with Crippen LogP contribution in [0.3, 0.4) is 0 Å².